The Morgan fingerprint density at radius 3 is 3.00 bits per heavy atom. The molecule has 0 saturated heterocycles. The Morgan fingerprint density at radius 2 is 2.27 bits per heavy atom. The third-order valence-corrected chi connectivity index (χ3v) is 2.90. The van der Waals surface area contributed by atoms with Gasteiger partial charge < -0.3 is 10.1 Å². The zero-order valence-electron chi connectivity index (χ0n) is 9.04. The van der Waals surface area contributed by atoms with Crippen molar-refractivity contribution in [3.63, 3.8) is 0 Å². The molecule has 1 aliphatic heterocycles. The molecule has 3 nitrogen and oxygen atoms in total. The Bertz CT molecular complexity index is 387. The van der Waals surface area contributed by atoms with Crippen LogP contribution < -0.4 is 10.1 Å². The summed E-state index contributed by atoms with van der Waals surface area (Å²) in [7, 11) is 1.64. The van der Waals surface area contributed by atoms with Crippen LogP contribution in [0.15, 0.2) is 18.2 Å². The third kappa shape index (κ3) is 1.82. The molecule has 2 rings (SSSR count). The van der Waals surface area contributed by atoms with E-state index in [1.807, 2.05) is 18.2 Å². The van der Waals surface area contributed by atoms with E-state index in [-0.39, 0.29) is 5.91 Å². The minimum Gasteiger partial charge on any atom is -0.497 e. The van der Waals surface area contributed by atoms with Crippen LogP contribution >= 0.6 is 0 Å². The van der Waals surface area contributed by atoms with Gasteiger partial charge in [0.25, 0.3) is 5.91 Å². The molecule has 0 aliphatic carbocycles. The number of hydrogen-bond acceptors (Lipinski definition) is 2. The molecule has 0 spiro atoms. The first-order chi connectivity index (χ1) is 7.22. The Labute approximate surface area is 89.4 Å². The Kier molecular flexibility index (Phi) is 2.62. The Hall–Kier alpha value is -1.51. The van der Waals surface area contributed by atoms with Crippen LogP contribution in [0.1, 0.15) is 35.2 Å². The van der Waals surface area contributed by atoms with Crippen LogP contribution in [0, 0.1) is 0 Å². The van der Waals surface area contributed by atoms with E-state index in [4.69, 9.17) is 4.74 Å². The summed E-state index contributed by atoms with van der Waals surface area (Å²) in [5, 5.41) is 2.89. The van der Waals surface area contributed by atoms with Gasteiger partial charge in [-0.25, -0.2) is 0 Å². The normalized spacial score (nSPS) is 20.1. The molecule has 1 aromatic carbocycles. The molecule has 80 valence electrons. The summed E-state index contributed by atoms with van der Waals surface area (Å²) in [6, 6.07) is 5.63. The van der Waals surface area contributed by atoms with Gasteiger partial charge in [0.15, 0.2) is 0 Å². The fourth-order valence-corrected chi connectivity index (χ4v) is 1.94. The molecule has 0 saturated carbocycles. The van der Waals surface area contributed by atoms with Gasteiger partial charge in [-0.3, -0.25) is 4.79 Å². The van der Waals surface area contributed by atoms with Gasteiger partial charge >= 0.3 is 0 Å². The topological polar surface area (TPSA) is 38.3 Å². The Morgan fingerprint density at radius 1 is 1.47 bits per heavy atom. The number of hydrogen-bond donors (Lipinski definition) is 1. The largest absolute Gasteiger partial charge is 0.497 e. The van der Waals surface area contributed by atoms with Gasteiger partial charge in [0, 0.05) is 12.1 Å². The lowest BCUT2D eigenvalue weighted by Crippen LogP contribution is -2.22. The van der Waals surface area contributed by atoms with Crippen molar-refractivity contribution in [3.05, 3.63) is 29.3 Å². The van der Waals surface area contributed by atoms with E-state index in [2.05, 4.69) is 12.2 Å². The molecular formula is C12H15NO2. The van der Waals surface area contributed by atoms with Crippen LogP contribution in [0.25, 0.3) is 0 Å². The summed E-state index contributed by atoms with van der Waals surface area (Å²) >= 11 is 0. The SMILES string of the molecule is COc1ccc2c(c1)C(C)CCNC2=O. The lowest BCUT2D eigenvalue weighted by Gasteiger charge is -2.12. The van der Waals surface area contributed by atoms with Crippen molar-refractivity contribution in [2.45, 2.75) is 19.3 Å². The number of nitrogens with one attached hydrogen (secondary N) is 1. The predicted octanol–water partition coefficient (Wildman–Crippen LogP) is 1.93. The average Bonchev–Trinajstić information content (AvgIpc) is 2.40. The summed E-state index contributed by atoms with van der Waals surface area (Å²) in [4.78, 5) is 11.7. The summed E-state index contributed by atoms with van der Waals surface area (Å²) in [6.07, 6.45) is 0.978. The second-order valence-electron chi connectivity index (χ2n) is 3.90. The van der Waals surface area contributed by atoms with Crippen molar-refractivity contribution in [3.8, 4) is 5.75 Å². The maximum Gasteiger partial charge on any atom is 0.251 e. The summed E-state index contributed by atoms with van der Waals surface area (Å²) < 4.78 is 5.17. The first-order valence-electron chi connectivity index (χ1n) is 5.18. The molecule has 1 amide bonds. The first-order valence-corrected chi connectivity index (χ1v) is 5.18. The highest BCUT2D eigenvalue weighted by molar-refractivity contribution is 5.96. The van der Waals surface area contributed by atoms with E-state index in [0.717, 1.165) is 29.8 Å². The minimum atomic E-state index is 0.0250. The van der Waals surface area contributed by atoms with Crippen molar-refractivity contribution < 1.29 is 9.53 Å². The molecule has 1 N–H and O–H groups in total. The van der Waals surface area contributed by atoms with Crippen molar-refractivity contribution in [2.24, 2.45) is 0 Å². The minimum absolute atomic E-state index is 0.0250. The molecular weight excluding hydrogens is 190 g/mol. The highest BCUT2D eigenvalue weighted by atomic mass is 16.5. The molecule has 0 bridgehead atoms. The molecule has 0 fully saturated rings. The van der Waals surface area contributed by atoms with Crippen LogP contribution in [0.5, 0.6) is 5.75 Å². The van der Waals surface area contributed by atoms with Crippen LogP contribution in [0.3, 0.4) is 0 Å². The van der Waals surface area contributed by atoms with Gasteiger partial charge in [-0.05, 0) is 36.1 Å². The predicted molar refractivity (Wildman–Crippen MR) is 58.4 cm³/mol. The number of rotatable bonds is 1. The maximum atomic E-state index is 11.7. The molecule has 0 aromatic heterocycles. The number of benzene rings is 1. The summed E-state index contributed by atoms with van der Waals surface area (Å²) in [5.41, 5.74) is 1.87. The summed E-state index contributed by atoms with van der Waals surface area (Å²) in [5.74, 6) is 1.24. The first kappa shape index (κ1) is 10.0. The van der Waals surface area contributed by atoms with Gasteiger partial charge in [0.05, 0.1) is 7.11 Å². The van der Waals surface area contributed by atoms with Gasteiger partial charge in [-0.1, -0.05) is 6.92 Å². The second kappa shape index (κ2) is 3.93. The van der Waals surface area contributed by atoms with Crippen molar-refractivity contribution in [1.82, 2.24) is 5.32 Å². The lowest BCUT2D eigenvalue weighted by atomic mass is 9.94. The van der Waals surface area contributed by atoms with E-state index >= 15 is 0 Å². The zero-order valence-corrected chi connectivity index (χ0v) is 9.04. The van der Waals surface area contributed by atoms with Crippen molar-refractivity contribution in [2.75, 3.05) is 13.7 Å². The molecule has 1 atom stereocenters. The number of carbonyl (C=O) groups excluding carboxylic acids is 1. The lowest BCUT2D eigenvalue weighted by molar-refractivity contribution is 0.0956. The standard InChI is InChI=1S/C12H15NO2/c1-8-5-6-13-12(14)10-4-3-9(15-2)7-11(8)10/h3-4,7-8H,5-6H2,1-2H3,(H,13,14). The number of carbonyl (C=O) groups is 1. The monoisotopic (exact) mass is 205 g/mol. The van der Waals surface area contributed by atoms with E-state index in [1.54, 1.807) is 7.11 Å². The quantitative estimate of drug-likeness (QED) is 0.760. The molecule has 1 aromatic rings. The van der Waals surface area contributed by atoms with Crippen LogP contribution in [0.4, 0.5) is 0 Å². The fourth-order valence-electron chi connectivity index (χ4n) is 1.94. The second-order valence-corrected chi connectivity index (χ2v) is 3.90. The van der Waals surface area contributed by atoms with Crippen LogP contribution in [-0.2, 0) is 0 Å². The van der Waals surface area contributed by atoms with Crippen molar-refractivity contribution >= 4 is 5.91 Å². The number of fused-ring (bicyclic) bond motifs is 1. The van der Waals surface area contributed by atoms with Gasteiger partial charge in [0.2, 0.25) is 0 Å². The van der Waals surface area contributed by atoms with Crippen molar-refractivity contribution in [1.29, 1.82) is 0 Å². The van der Waals surface area contributed by atoms with Gasteiger partial charge in [-0.2, -0.15) is 0 Å². The molecule has 15 heavy (non-hydrogen) atoms. The van der Waals surface area contributed by atoms with Crippen LogP contribution in [0.2, 0.25) is 0 Å². The number of methoxy groups -OCH3 is 1. The molecule has 1 unspecified atom stereocenters. The molecule has 0 radical (unpaired) electrons. The highest BCUT2D eigenvalue weighted by Gasteiger charge is 2.20. The zero-order chi connectivity index (χ0) is 10.8. The van der Waals surface area contributed by atoms with E-state index in [0.29, 0.717) is 5.92 Å². The fraction of sp³-hybridized carbons (Fsp3) is 0.417. The molecule has 1 aliphatic rings. The number of ether oxygens (including phenoxy) is 1. The average molecular weight is 205 g/mol. The van der Waals surface area contributed by atoms with Gasteiger partial charge in [0.1, 0.15) is 5.75 Å². The van der Waals surface area contributed by atoms with E-state index in [9.17, 15) is 4.79 Å². The van der Waals surface area contributed by atoms with E-state index in [1.165, 1.54) is 0 Å². The summed E-state index contributed by atoms with van der Waals surface area (Å²) in [6.45, 7) is 2.88. The third-order valence-electron chi connectivity index (χ3n) is 2.90. The maximum absolute atomic E-state index is 11.7. The molecule has 3 heteroatoms. The van der Waals surface area contributed by atoms with Crippen LogP contribution in [-0.4, -0.2) is 19.6 Å². The highest BCUT2D eigenvalue weighted by Crippen LogP contribution is 2.28. The molecule has 1 heterocycles. The smallest absolute Gasteiger partial charge is 0.251 e. The Balaban J connectivity index is 2.50. The van der Waals surface area contributed by atoms with E-state index < -0.39 is 0 Å². The number of amides is 1. The van der Waals surface area contributed by atoms with Gasteiger partial charge in [-0.15, -0.1) is 0 Å².